The number of aryl methyl sites for hydroxylation is 1. The van der Waals surface area contributed by atoms with Gasteiger partial charge in [-0.05, 0) is 62.8 Å². The molecule has 0 amide bonds. The molecule has 0 unspecified atom stereocenters. The second-order valence-electron chi connectivity index (χ2n) is 6.63. The van der Waals surface area contributed by atoms with Crippen LogP contribution < -0.4 is 4.74 Å². The Morgan fingerprint density at radius 1 is 1.20 bits per heavy atom. The van der Waals surface area contributed by atoms with E-state index in [4.69, 9.17) is 4.74 Å². The van der Waals surface area contributed by atoms with Crippen LogP contribution in [0.2, 0.25) is 0 Å². The molecule has 20 heavy (non-hydrogen) atoms. The van der Waals surface area contributed by atoms with Crippen LogP contribution in [0.3, 0.4) is 0 Å². The smallest absolute Gasteiger partial charge is 0.235 e. The van der Waals surface area contributed by atoms with E-state index < -0.39 is 0 Å². The van der Waals surface area contributed by atoms with Crippen molar-refractivity contribution in [2.24, 2.45) is 4.99 Å². The highest BCUT2D eigenvalue weighted by Gasteiger charge is 2.37. The molecule has 0 radical (unpaired) electrons. The van der Waals surface area contributed by atoms with Gasteiger partial charge < -0.3 is 4.74 Å². The molecular weight excluding hydrogens is 250 g/mol. The Morgan fingerprint density at radius 2 is 1.95 bits per heavy atom. The highest BCUT2D eigenvalue weighted by Crippen LogP contribution is 2.44. The Morgan fingerprint density at radius 3 is 2.65 bits per heavy atom. The zero-order valence-corrected chi connectivity index (χ0v) is 12.2. The summed E-state index contributed by atoms with van der Waals surface area (Å²) in [6.45, 7) is 4.25. The van der Waals surface area contributed by atoms with Gasteiger partial charge in [-0.3, -0.25) is 0 Å². The molecule has 1 fully saturated rings. The van der Waals surface area contributed by atoms with Gasteiger partial charge in [0, 0.05) is 0 Å². The number of carbonyl (C=O) groups excluding carboxylic acids is 1. The third kappa shape index (κ3) is 2.27. The molecule has 0 bridgehead atoms. The fourth-order valence-electron chi connectivity index (χ4n) is 3.46. The number of ether oxygens (including phenoxy) is 1. The maximum Gasteiger partial charge on any atom is 0.235 e. The Balaban J connectivity index is 1.98. The molecule has 3 heteroatoms. The lowest BCUT2D eigenvalue weighted by Crippen LogP contribution is -2.32. The summed E-state index contributed by atoms with van der Waals surface area (Å²) in [5, 5.41) is 0. The van der Waals surface area contributed by atoms with Gasteiger partial charge in [0.1, 0.15) is 11.4 Å². The SMILES string of the molecule is CC1(C)CCc2cc(C3(N=C=O)CCCC3)ccc2O1. The van der Waals surface area contributed by atoms with E-state index in [1.54, 1.807) is 6.08 Å². The first kappa shape index (κ1) is 13.4. The van der Waals surface area contributed by atoms with E-state index in [-0.39, 0.29) is 11.1 Å². The van der Waals surface area contributed by atoms with Gasteiger partial charge in [0.25, 0.3) is 0 Å². The number of nitrogens with zero attached hydrogens (tertiary/aromatic N) is 1. The summed E-state index contributed by atoms with van der Waals surface area (Å²) in [5.41, 5.74) is 1.99. The lowest BCUT2D eigenvalue weighted by atomic mass is 9.85. The summed E-state index contributed by atoms with van der Waals surface area (Å²) in [6.07, 6.45) is 8.00. The number of isocyanates is 1. The fourth-order valence-corrected chi connectivity index (χ4v) is 3.46. The summed E-state index contributed by atoms with van der Waals surface area (Å²) in [4.78, 5) is 15.0. The zero-order valence-electron chi connectivity index (χ0n) is 12.2. The minimum Gasteiger partial charge on any atom is -0.488 e. The maximum atomic E-state index is 10.8. The monoisotopic (exact) mass is 271 g/mol. The van der Waals surface area contributed by atoms with Crippen LogP contribution in [0.4, 0.5) is 0 Å². The second kappa shape index (κ2) is 4.75. The van der Waals surface area contributed by atoms with Crippen LogP contribution in [0.25, 0.3) is 0 Å². The van der Waals surface area contributed by atoms with Gasteiger partial charge in [-0.15, -0.1) is 0 Å². The molecule has 1 aliphatic carbocycles. The van der Waals surface area contributed by atoms with Crippen LogP contribution in [-0.4, -0.2) is 11.7 Å². The number of hydrogen-bond donors (Lipinski definition) is 0. The first-order valence-electron chi connectivity index (χ1n) is 7.46. The zero-order chi connectivity index (χ0) is 14.2. The number of rotatable bonds is 2. The van der Waals surface area contributed by atoms with Gasteiger partial charge in [-0.25, -0.2) is 4.79 Å². The lowest BCUT2D eigenvalue weighted by Gasteiger charge is -2.33. The van der Waals surface area contributed by atoms with Crippen molar-refractivity contribution >= 4 is 6.08 Å². The van der Waals surface area contributed by atoms with Crippen molar-refractivity contribution < 1.29 is 9.53 Å². The van der Waals surface area contributed by atoms with Crippen molar-refractivity contribution in [3.05, 3.63) is 29.3 Å². The van der Waals surface area contributed by atoms with E-state index in [9.17, 15) is 4.79 Å². The molecule has 1 aromatic carbocycles. The molecule has 2 aliphatic rings. The van der Waals surface area contributed by atoms with E-state index in [0.717, 1.165) is 49.8 Å². The first-order chi connectivity index (χ1) is 9.55. The molecule has 1 saturated carbocycles. The Labute approximate surface area is 120 Å². The Kier molecular flexibility index (Phi) is 3.18. The average Bonchev–Trinajstić information content (AvgIpc) is 2.87. The molecule has 106 valence electrons. The van der Waals surface area contributed by atoms with Crippen molar-refractivity contribution in [2.75, 3.05) is 0 Å². The normalized spacial score (nSPS) is 22.5. The van der Waals surface area contributed by atoms with Gasteiger partial charge in [0.15, 0.2) is 0 Å². The topological polar surface area (TPSA) is 38.7 Å². The van der Waals surface area contributed by atoms with Gasteiger partial charge in [-0.1, -0.05) is 18.9 Å². The molecule has 1 heterocycles. The second-order valence-corrected chi connectivity index (χ2v) is 6.63. The van der Waals surface area contributed by atoms with E-state index >= 15 is 0 Å². The molecule has 1 aromatic rings. The lowest BCUT2D eigenvalue weighted by molar-refractivity contribution is 0.0846. The van der Waals surface area contributed by atoms with Crippen LogP contribution in [-0.2, 0) is 16.8 Å². The van der Waals surface area contributed by atoms with Gasteiger partial charge >= 0.3 is 0 Å². The highest BCUT2D eigenvalue weighted by molar-refractivity contribution is 5.44. The van der Waals surface area contributed by atoms with Crippen LogP contribution in [0, 0.1) is 0 Å². The minimum atomic E-state index is -0.330. The van der Waals surface area contributed by atoms with Crippen molar-refractivity contribution in [1.82, 2.24) is 0 Å². The highest BCUT2D eigenvalue weighted by atomic mass is 16.5. The Bertz CT molecular complexity index is 564. The van der Waals surface area contributed by atoms with Crippen LogP contribution >= 0.6 is 0 Å². The molecular formula is C17H21NO2. The largest absolute Gasteiger partial charge is 0.488 e. The van der Waals surface area contributed by atoms with Crippen molar-refractivity contribution in [1.29, 1.82) is 0 Å². The molecule has 3 rings (SSSR count). The number of benzene rings is 1. The van der Waals surface area contributed by atoms with E-state index in [1.165, 1.54) is 5.56 Å². The summed E-state index contributed by atoms with van der Waals surface area (Å²) >= 11 is 0. The summed E-state index contributed by atoms with van der Waals surface area (Å²) in [6, 6.07) is 6.31. The first-order valence-corrected chi connectivity index (χ1v) is 7.46. The summed E-state index contributed by atoms with van der Waals surface area (Å²) in [7, 11) is 0. The average molecular weight is 271 g/mol. The van der Waals surface area contributed by atoms with E-state index in [1.807, 2.05) is 6.07 Å². The number of aliphatic imine (C=N–C) groups is 1. The standard InChI is InChI=1S/C17H21NO2/c1-16(2)10-7-13-11-14(5-6-15(13)20-16)17(18-12-19)8-3-4-9-17/h5-6,11H,3-4,7-10H2,1-2H3. The van der Waals surface area contributed by atoms with Crippen molar-refractivity contribution in [2.45, 2.75) is 63.5 Å². The molecule has 0 spiro atoms. The third-order valence-electron chi connectivity index (χ3n) is 4.67. The van der Waals surface area contributed by atoms with Crippen molar-refractivity contribution in [3.8, 4) is 5.75 Å². The molecule has 0 saturated heterocycles. The molecule has 0 atom stereocenters. The van der Waals surface area contributed by atoms with E-state index in [2.05, 4.69) is 31.0 Å². The number of fused-ring (bicyclic) bond motifs is 1. The predicted octanol–water partition coefficient (Wildman–Crippen LogP) is 3.90. The van der Waals surface area contributed by atoms with Crippen LogP contribution in [0.15, 0.2) is 23.2 Å². The maximum absolute atomic E-state index is 10.8. The molecule has 3 nitrogen and oxygen atoms in total. The van der Waals surface area contributed by atoms with Gasteiger partial charge in [0.05, 0.1) is 5.54 Å². The van der Waals surface area contributed by atoms with Gasteiger partial charge in [-0.2, -0.15) is 4.99 Å². The Hall–Kier alpha value is -1.60. The molecule has 1 aliphatic heterocycles. The third-order valence-corrected chi connectivity index (χ3v) is 4.67. The van der Waals surface area contributed by atoms with Crippen LogP contribution in [0.5, 0.6) is 5.75 Å². The van der Waals surface area contributed by atoms with Crippen molar-refractivity contribution in [3.63, 3.8) is 0 Å². The summed E-state index contributed by atoms with van der Waals surface area (Å²) in [5.74, 6) is 0.980. The van der Waals surface area contributed by atoms with E-state index in [0.29, 0.717) is 0 Å². The quantitative estimate of drug-likeness (QED) is 0.604. The summed E-state index contributed by atoms with van der Waals surface area (Å²) < 4.78 is 6.02. The van der Waals surface area contributed by atoms with Crippen LogP contribution in [0.1, 0.15) is 57.1 Å². The molecule has 0 N–H and O–H groups in total. The minimum absolute atomic E-state index is 0.0828. The predicted molar refractivity (Wildman–Crippen MR) is 77.7 cm³/mol. The molecule has 0 aromatic heterocycles. The number of hydrogen-bond acceptors (Lipinski definition) is 3. The van der Waals surface area contributed by atoms with Gasteiger partial charge in [0.2, 0.25) is 6.08 Å². The fraction of sp³-hybridized carbons (Fsp3) is 0.588.